The second kappa shape index (κ2) is 8.24. The summed E-state index contributed by atoms with van der Waals surface area (Å²) in [5.41, 5.74) is 7.48. The van der Waals surface area contributed by atoms with E-state index in [4.69, 9.17) is 10.5 Å². The van der Waals surface area contributed by atoms with Gasteiger partial charge in [0, 0.05) is 5.69 Å². The molecule has 3 N–H and O–H groups in total. The lowest BCUT2D eigenvalue weighted by molar-refractivity contribution is -0.115. The van der Waals surface area contributed by atoms with E-state index in [-0.39, 0.29) is 30.8 Å². The zero-order chi connectivity index (χ0) is 15.2. The van der Waals surface area contributed by atoms with E-state index in [0.717, 1.165) is 0 Å². The van der Waals surface area contributed by atoms with Crippen molar-refractivity contribution in [2.75, 3.05) is 11.1 Å². The number of hydrogen-bond donors (Lipinski definition) is 2. The molecule has 0 atom stereocenters. The fourth-order valence-corrected chi connectivity index (χ4v) is 1.83. The molecule has 1 heterocycles. The van der Waals surface area contributed by atoms with Crippen molar-refractivity contribution in [2.45, 2.75) is 26.4 Å². The molecule has 0 bridgehead atoms. The molecule has 1 amide bonds. The molecule has 0 aliphatic carbocycles. The number of nitrogens with zero attached hydrogens (tertiary/aromatic N) is 1. The number of nitrogens with one attached hydrogen (secondary N) is 1. The maximum absolute atomic E-state index is 12.1. The number of amides is 1. The summed E-state index contributed by atoms with van der Waals surface area (Å²) >= 11 is 0. The number of anilines is 2. The van der Waals surface area contributed by atoms with E-state index in [1.165, 1.54) is 0 Å². The highest BCUT2D eigenvalue weighted by molar-refractivity contribution is 5.93. The summed E-state index contributed by atoms with van der Waals surface area (Å²) in [7, 11) is 0. The maximum atomic E-state index is 12.1. The second-order valence-electron chi connectivity index (χ2n) is 4.97. The van der Waals surface area contributed by atoms with Crippen LogP contribution in [0.15, 0.2) is 42.6 Å². The number of aromatic nitrogens is 1. The Morgan fingerprint density at radius 1 is 1.27 bits per heavy atom. The normalized spacial score (nSPS) is 9.95. The van der Waals surface area contributed by atoms with Gasteiger partial charge in [0.05, 0.1) is 30.1 Å². The number of rotatable bonds is 5. The zero-order valence-electron chi connectivity index (χ0n) is 12.6. The van der Waals surface area contributed by atoms with Gasteiger partial charge >= 0.3 is 0 Å². The third-order valence-corrected chi connectivity index (χ3v) is 2.71. The first-order valence-corrected chi connectivity index (χ1v) is 6.80. The third kappa shape index (κ3) is 5.26. The van der Waals surface area contributed by atoms with Crippen molar-refractivity contribution < 1.29 is 9.53 Å². The standard InChI is InChI=1S/C16H19N3O2.ClH/c1-11(2)21-15-6-4-3-5-14(15)19-16(20)9-13-8-7-12(17)10-18-13;/h3-8,10-11H,9,17H2,1-2H3,(H,19,20);1H. The number of halogens is 1. The van der Waals surface area contributed by atoms with Gasteiger partial charge in [-0.1, -0.05) is 12.1 Å². The van der Waals surface area contributed by atoms with E-state index < -0.39 is 0 Å². The van der Waals surface area contributed by atoms with Gasteiger partial charge in [-0.3, -0.25) is 9.78 Å². The van der Waals surface area contributed by atoms with Gasteiger partial charge in [0.1, 0.15) is 5.75 Å². The minimum absolute atomic E-state index is 0. The van der Waals surface area contributed by atoms with Gasteiger partial charge in [0.2, 0.25) is 5.91 Å². The van der Waals surface area contributed by atoms with Gasteiger partial charge < -0.3 is 15.8 Å². The summed E-state index contributed by atoms with van der Waals surface area (Å²) in [5, 5.41) is 2.84. The average Bonchev–Trinajstić information content (AvgIpc) is 2.43. The Labute approximate surface area is 136 Å². The fraction of sp³-hybridized carbons (Fsp3) is 0.250. The van der Waals surface area contributed by atoms with Gasteiger partial charge in [-0.05, 0) is 38.1 Å². The summed E-state index contributed by atoms with van der Waals surface area (Å²) in [4.78, 5) is 16.2. The lowest BCUT2D eigenvalue weighted by Gasteiger charge is -2.14. The van der Waals surface area contributed by atoms with Crippen LogP contribution in [-0.4, -0.2) is 17.0 Å². The summed E-state index contributed by atoms with van der Waals surface area (Å²) < 4.78 is 5.67. The molecule has 5 nitrogen and oxygen atoms in total. The van der Waals surface area contributed by atoms with E-state index in [2.05, 4.69) is 10.3 Å². The van der Waals surface area contributed by atoms with Crippen molar-refractivity contribution in [3.05, 3.63) is 48.3 Å². The molecule has 22 heavy (non-hydrogen) atoms. The predicted octanol–water partition coefficient (Wildman–Crippen LogP) is 3.05. The lowest BCUT2D eigenvalue weighted by Crippen LogP contribution is -2.16. The lowest BCUT2D eigenvalue weighted by atomic mass is 10.2. The molecule has 0 saturated carbocycles. The summed E-state index contributed by atoms with van der Waals surface area (Å²) in [5.74, 6) is 0.512. The van der Waals surface area contributed by atoms with Crippen LogP contribution >= 0.6 is 12.4 Å². The largest absolute Gasteiger partial charge is 0.489 e. The number of ether oxygens (including phenoxy) is 1. The molecule has 0 fully saturated rings. The average molecular weight is 322 g/mol. The molecular weight excluding hydrogens is 302 g/mol. The first-order valence-electron chi connectivity index (χ1n) is 6.80. The van der Waals surface area contributed by atoms with E-state index in [9.17, 15) is 4.79 Å². The molecule has 1 aromatic carbocycles. The van der Waals surface area contributed by atoms with Crippen molar-refractivity contribution in [3.63, 3.8) is 0 Å². The minimum atomic E-state index is -0.146. The Hall–Kier alpha value is -2.27. The number of hydrogen-bond acceptors (Lipinski definition) is 4. The smallest absolute Gasteiger partial charge is 0.230 e. The Morgan fingerprint density at radius 3 is 2.64 bits per heavy atom. The molecule has 118 valence electrons. The van der Waals surface area contributed by atoms with Crippen LogP contribution in [0, 0.1) is 0 Å². The van der Waals surface area contributed by atoms with Crippen LogP contribution in [0.4, 0.5) is 11.4 Å². The number of pyridine rings is 1. The quantitative estimate of drug-likeness (QED) is 0.887. The van der Waals surface area contributed by atoms with Gasteiger partial charge in [-0.25, -0.2) is 0 Å². The molecule has 2 aromatic rings. The van der Waals surface area contributed by atoms with Crippen LogP contribution in [0.5, 0.6) is 5.75 Å². The number of nitrogen functional groups attached to an aromatic ring is 1. The predicted molar refractivity (Wildman–Crippen MR) is 90.4 cm³/mol. The van der Waals surface area contributed by atoms with Crippen molar-refractivity contribution in [1.29, 1.82) is 0 Å². The van der Waals surface area contributed by atoms with Gasteiger partial charge in [0.15, 0.2) is 0 Å². The molecule has 0 radical (unpaired) electrons. The van der Waals surface area contributed by atoms with Crippen molar-refractivity contribution in [2.24, 2.45) is 0 Å². The Morgan fingerprint density at radius 2 is 2.00 bits per heavy atom. The molecule has 2 rings (SSSR count). The number of carbonyl (C=O) groups is 1. The molecule has 0 unspecified atom stereocenters. The highest BCUT2D eigenvalue weighted by atomic mass is 35.5. The first kappa shape index (κ1) is 17.8. The van der Waals surface area contributed by atoms with Crippen molar-refractivity contribution >= 4 is 29.7 Å². The van der Waals surface area contributed by atoms with Gasteiger partial charge in [-0.15, -0.1) is 12.4 Å². The van der Waals surface area contributed by atoms with E-state index in [1.54, 1.807) is 18.3 Å². The summed E-state index contributed by atoms with van der Waals surface area (Å²) in [6.07, 6.45) is 1.77. The highest BCUT2D eigenvalue weighted by Gasteiger charge is 2.10. The van der Waals surface area contributed by atoms with Crippen LogP contribution in [0.3, 0.4) is 0 Å². The number of carbonyl (C=O) groups excluding carboxylic acids is 1. The van der Waals surface area contributed by atoms with Crippen molar-refractivity contribution in [1.82, 2.24) is 4.98 Å². The van der Waals surface area contributed by atoms with Crippen LogP contribution in [-0.2, 0) is 11.2 Å². The highest BCUT2D eigenvalue weighted by Crippen LogP contribution is 2.24. The molecule has 0 aliphatic rings. The van der Waals surface area contributed by atoms with E-state index >= 15 is 0 Å². The Balaban J connectivity index is 0.00000242. The van der Waals surface area contributed by atoms with E-state index in [0.29, 0.717) is 22.8 Å². The summed E-state index contributed by atoms with van der Waals surface area (Å²) in [6.45, 7) is 3.88. The summed E-state index contributed by atoms with van der Waals surface area (Å²) in [6, 6.07) is 10.8. The Kier molecular flexibility index (Phi) is 6.66. The Bertz CT molecular complexity index is 615. The van der Waals surface area contributed by atoms with Crippen LogP contribution in [0.1, 0.15) is 19.5 Å². The van der Waals surface area contributed by atoms with Gasteiger partial charge in [-0.2, -0.15) is 0 Å². The molecule has 1 aromatic heterocycles. The topological polar surface area (TPSA) is 77.2 Å². The number of benzene rings is 1. The maximum Gasteiger partial charge on any atom is 0.230 e. The van der Waals surface area contributed by atoms with Crippen molar-refractivity contribution in [3.8, 4) is 5.75 Å². The SMILES string of the molecule is CC(C)Oc1ccccc1NC(=O)Cc1ccc(N)cn1.Cl. The minimum Gasteiger partial charge on any atom is -0.489 e. The van der Waals surface area contributed by atoms with E-state index in [1.807, 2.05) is 38.1 Å². The molecule has 0 aliphatic heterocycles. The number of para-hydroxylation sites is 2. The van der Waals surface area contributed by atoms with Gasteiger partial charge in [0.25, 0.3) is 0 Å². The van der Waals surface area contributed by atoms with Crippen LogP contribution in [0.2, 0.25) is 0 Å². The molecular formula is C16H20ClN3O2. The van der Waals surface area contributed by atoms with Crippen LogP contribution < -0.4 is 15.8 Å². The number of nitrogens with two attached hydrogens (primary N) is 1. The first-order chi connectivity index (χ1) is 10.0. The fourth-order valence-electron chi connectivity index (χ4n) is 1.83. The second-order valence-corrected chi connectivity index (χ2v) is 4.97. The molecule has 0 spiro atoms. The monoisotopic (exact) mass is 321 g/mol. The molecule has 6 heteroatoms. The molecule has 0 saturated heterocycles. The van der Waals surface area contributed by atoms with Crippen LogP contribution in [0.25, 0.3) is 0 Å². The third-order valence-electron chi connectivity index (χ3n) is 2.71. The zero-order valence-corrected chi connectivity index (χ0v) is 13.4.